The zero-order valence-electron chi connectivity index (χ0n) is 17.5. The van der Waals surface area contributed by atoms with E-state index in [0.717, 1.165) is 6.54 Å². The third-order valence-corrected chi connectivity index (χ3v) is 7.94. The van der Waals surface area contributed by atoms with E-state index in [-0.39, 0.29) is 10.8 Å². The van der Waals surface area contributed by atoms with Gasteiger partial charge in [0.25, 0.3) is 5.91 Å². The number of carbonyl (C=O) groups is 1. The molecule has 0 aliphatic carbocycles. The summed E-state index contributed by atoms with van der Waals surface area (Å²) < 4.78 is 37.9. The number of quaternary nitrogens is 1. The van der Waals surface area contributed by atoms with E-state index in [2.05, 4.69) is 6.92 Å². The minimum atomic E-state index is -3.65. The van der Waals surface area contributed by atoms with E-state index in [4.69, 9.17) is 9.47 Å². The molecule has 1 aromatic rings. The summed E-state index contributed by atoms with van der Waals surface area (Å²) in [5.41, 5.74) is 0. The summed E-state index contributed by atoms with van der Waals surface area (Å²) in [6.45, 7) is 5.19. The fourth-order valence-electron chi connectivity index (χ4n) is 4.13. The number of nitrogens with one attached hydrogen (secondary N) is 1. The Morgan fingerprint density at radius 1 is 1.10 bits per heavy atom. The number of methoxy groups -OCH3 is 2. The number of piperazine rings is 1. The fraction of sp³-hybridized carbons (Fsp3) is 0.650. The van der Waals surface area contributed by atoms with Crippen molar-refractivity contribution < 1.29 is 27.6 Å². The molecule has 29 heavy (non-hydrogen) atoms. The summed E-state index contributed by atoms with van der Waals surface area (Å²) >= 11 is 0. The van der Waals surface area contributed by atoms with Gasteiger partial charge in [-0.25, -0.2) is 8.42 Å². The number of benzene rings is 1. The Balaban J connectivity index is 1.61. The molecule has 3 rings (SSSR count). The van der Waals surface area contributed by atoms with Gasteiger partial charge in [-0.05, 0) is 38.3 Å². The van der Waals surface area contributed by atoms with Gasteiger partial charge in [-0.2, -0.15) is 4.31 Å². The number of amides is 1. The van der Waals surface area contributed by atoms with Crippen LogP contribution in [0.25, 0.3) is 0 Å². The van der Waals surface area contributed by atoms with E-state index in [1.807, 2.05) is 0 Å². The Labute approximate surface area is 173 Å². The number of hydrogen-bond donors (Lipinski definition) is 1. The molecule has 2 aliphatic heterocycles. The van der Waals surface area contributed by atoms with E-state index < -0.39 is 10.0 Å². The van der Waals surface area contributed by atoms with Crippen LogP contribution >= 0.6 is 0 Å². The lowest BCUT2D eigenvalue weighted by Crippen LogP contribution is -3.17. The van der Waals surface area contributed by atoms with Gasteiger partial charge in [-0.3, -0.25) is 4.79 Å². The number of sulfonamides is 1. The Kier molecular flexibility index (Phi) is 7.02. The minimum Gasteiger partial charge on any atom is -0.493 e. The average Bonchev–Trinajstić information content (AvgIpc) is 2.74. The summed E-state index contributed by atoms with van der Waals surface area (Å²) in [7, 11) is -0.666. The first-order chi connectivity index (χ1) is 13.9. The van der Waals surface area contributed by atoms with Gasteiger partial charge in [0.05, 0.1) is 31.7 Å². The van der Waals surface area contributed by atoms with Crippen molar-refractivity contribution in [3.63, 3.8) is 0 Å². The molecule has 1 N–H and O–H groups in total. The third kappa shape index (κ3) is 4.84. The van der Waals surface area contributed by atoms with Gasteiger partial charge in [0.1, 0.15) is 0 Å². The Morgan fingerprint density at radius 2 is 1.79 bits per heavy atom. The van der Waals surface area contributed by atoms with Crippen molar-refractivity contribution in [2.24, 2.45) is 0 Å². The highest BCUT2D eigenvalue weighted by atomic mass is 32.2. The zero-order chi connectivity index (χ0) is 21.0. The van der Waals surface area contributed by atoms with Crippen LogP contribution in [-0.4, -0.2) is 83.1 Å². The smallest absolute Gasteiger partial charge is 0.277 e. The van der Waals surface area contributed by atoms with Gasteiger partial charge in [-0.15, -0.1) is 0 Å². The van der Waals surface area contributed by atoms with Gasteiger partial charge >= 0.3 is 0 Å². The first kappa shape index (κ1) is 21.9. The van der Waals surface area contributed by atoms with Gasteiger partial charge in [0.15, 0.2) is 18.0 Å². The number of ether oxygens (including phenoxy) is 2. The molecule has 8 nitrogen and oxygen atoms in total. The molecular formula is C20H32N3O5S+. The average molecular weight is 427 g/mol. The molecule has 0 radical (unpaired) electrons. The van der Waals surface area contributed by atoms with E-state index >= 15 is 0 Å². The summed E-state index contributed by atoms with van der Waals surface area (Å²) in [6.07, 6.45) is 3.58. The monoisotopic (exact) mass is 426 g/mol. The molecular weight excluding hydrogens is 394 g/mol. The van der Waals surface area contributed by atoms with Crippen LogP contribution in [0.5, 0.6) is 11.5 Å². The molecule has 0 bridgehead atoms. The van der Waals surface area contributed by atoms with Crippen molar-refractivity contribution >= 4 is 15.9 Å². The molecule has 1 aromatic carbocycles. The molecule has 0 aromatic heterocycles. The summed E-state index contributed by atoms with van der Waals surface area (Å²) in [5, 5.41) is 0. The molecule has 9 heteroatoms. The van der Waals surface area contributed by atoms with Crippen molar-refractivity contribution in [3.8, 4) is 11.5 Å². The summed E-state index contributed by atoms with van der Waals surface area (Å²) in [6, 6.07) is 5.11. The van der Waals surface area contributed by atoms with E-state index in [1.165, 1.54) is 54.8 Å². The highest BCUT2D eigenvalue weighted by molar-refractivity contribution is 7.89. The molecule has 162 valence electrons. The van der Waals surface area contributed by atoms with Gasteiger partial charge in [0.2, 0.25) is 10.0 Å². The molecule has 0 saturated carbocycles. The lowest BCUT2D eigenvalue weighted by atomic mass is 10.0. The minimum absolute atomic E-state index is 0.122. The van der Waals surface area contributed by atoms with Crippen LogP contribution in [-0.2, 0) is 14.8 Å². The second-order valence-corrected chi connectivity index (χ2v) is 9.72. The highest BCUT2D eigenvalue weighted by Gasteiger charge is 2.33. The third-order valence-electron chi connectivity index (χ3n) is 6.04. The maximum Gasteiger partial charge on any atom is 0.277 e. The number of piperidine rings is 1. The highest BCUT2D eigenvalue weighted by Crippen LogP contribution is 2.30. The molecule has 2 fully saturated rings. The lowest BCUT2D eigenvalue weighted by molar-refractivity contribution is -0.921. The first-order valence-corrected chi connectivity index (χ1v) is 11.7. The standard InChI is InChI=1S/C20H31N3O5S/c1-16-6-4-5-9-22(16)15-20(24)21-10-12-23(13-11-21)29(25,26)17-7-8-18(27-2)19(14-17)28-3/h7-8,14,16H,4-6,9-13,15H2,1-3H3/p+1/t16-/m0/s1. The first-order valence-electron chi connectivity index (χ1n) is 10.2. The second kappa shape index (κ2) is 9.32. The summed E-state index contributed by atoms with van der Waals surface area (Å²) in [5.74, 6) is 0.981. The number of nitrogens with zero attached hydrogens (tertiary/aromatic N) is 2. The van der Waals surface area contributed by atoms with Crippen molar-refractivity contribution in [2.45, 2.75) is 37.1 Å². The molecule has 2 aliphatic rings. The molecule has 2 saturated heterocycles. The largest absolute Gasteiger partial charge is 0.493 e. The predicted molar refractivity (Wildman–Crippen MR) is 109 cm³/mol. The van der Waals surface area contributed by atoms with Crippen molar-refractivity contribution in [1.82, 2.24) is 9.21 Å². The predicted octanol–water partition coefficient (Wildman–Crippen LogP) is -0.00600. The zero-order valence-corrected chi connectivity index (χ0v) is 18.3. The Bertz CT molecular complexity index is 821. The van der Waals surface area contributed by atoms with Crippen LogP contribution < -0.4 is 14.4 Å². The number of likely N-dealkylation sites (tertiary alicyclic amines) is 1. The lowest BCUT2D eigenvalue weighted by Gasteiger charge is -2.36. The molecule has 1 unspecified atom stereocenters. The Morgan fingerprint density at radius 3 is 2.41 bits per heavy atom. The normalized spacial score (nSPS) is 23.6. The molecule has 2 atom stereocenters. The topological polar surface area (TPSA) is 80.6 Å². The second-order valence-electron chi connectivity index (χ2n) is 7.78. The van der Waals surface area contributed by atoms with Crippen LogP contribution in [0.3, 0.4) is 0 Å². The fourth-order valence-corrected chi connectivity index (χ4v) is 5.56. The maximum atomic E-state index is 13.0. The van der Waals surface area contributed by atoms with Gasteiger partial charge in [-0.1, -0.05) is 0 Å². The van der Waals surface area contributed by atoms with E-state index in [0.29, 0.717) is 50.3 Å². The van der Waals surface area contributed by atoms with Gasteiger partial charge < -0.3 is 19.3 Å². The number of rotatable bonds is 6. The van der Waals surface area contributed by atoms with Crippen LogP contribution in [0.15, 0.2) is 23.1 Å². The van der Waals surface area contributed by atoms with Crippen LogP contribution in [0, 0.1) is 0 Å². The summed E-state index contributed by atoms with van der Waals surface area (Å²) in [4.78, 5) is 16.0. The maximum absolute atomic E-state index is 13.0. The molecule has 1 amide bonds. The molecule has 2 heterocycles. The van der Waals surface area contributed by atoms with Crippen LogP contribution in [0.4, 0.5) is 0 Å². The van der Waals surface area contributed by atoms with E-state index in [9.17, 15) is 13.2 Å². The number of hydrogen-bond acceptors (Lipinski definition) is 5. The van der Waals surface area contributed by atoms with Crippen LogP contribution in [0.2, 0.25) is 0 Å². The Hall–Kier alpha value is -1.84. The van der Waals surface area contributed by atoms with Gasteiger partial charge in [0, 0.05) is 32.2 Å². The SMILES string of the molecule is COc1ccc(S(=O)(=O)N2CCN(C(=O)C[NH+]3CCCC[C@@H]3C)CC2)cc1OC. The van der Waals surface area contributed by atoms with Crippen LogP contribution in [0.1, 0.15) is 26.2 Å². The quantitative estimate of drug-likeness (QED) is 0.692. The number of carbonyl (C=O) groups excluding carboxylic acids is 1. The van der Waals surface area contributed by atoms with Crippen molar-refractivity contribution in [3.05, 3.63) is 18.2 Å². The van der Waals surface area contributed by atoms with E-state index in [1.54, 1.807) is 11.0 Å². The van der Waals surface area contributed by atoms with Crippen molar-refractivity contribution in [2.75, 3.05) is 53.5 Å². The molecule has 0 spiro atoms. The van der Waals surface area contributed by atoms with Crippen molar-refractivity contribution in [1.29, 1.82) is 0 Å².